The fourth-order valence-electron chi connectivity index (χ4n) is 2.85. The van der Waals surface area contributed by atoms with E-state index in [9.17, 15) is 5.11 Å². The van der Waals surface area contributed by atoms with Gasteiger partial charge in [-0.05, 0) is 55.8 Å². The van der Waals surface area contributed by atoms with Crippen LogP contribution in [0.3, 0.4) is 0 Å². The third-order valence-electron chi connectivity index (χ3n) is 4.25. The third-order valence-corrected chi connectivity index (χ3v) is 4.25. The van der Waals surface area contributed by atoms with Crippen molar-refractivity contribution in [3.8, 4) is 17.2 Å². The van der Waals surface area contributed by atoms with Gasteiger partial charge >= 0.3 is 0 Å². The Balaban J connectivity index is 1.69. The molecule has 26 heavy (non-hydrogen) atoms. The number of aryl methyl sites for hydroxylation is 2. The molecule has 3 aromatic carbocycles. The fraction of sp³-hybridized carbons (Fsp3) is 0.0909. The first-order valence-electron chi connectivity index (χ1n) is 8.40. The SMILES string of the molecule is Cc1ccc(O)c(C=Nc2cccc(-c3nc4c(C)cccc4o3)c2)c1. The second-order valence-corrected chi connectivity index (χ2v) is 6.31. The van der Waals surface area contributed by atoms with E-state index in [1.54, 1.807) is 12.3 Å². The van der Waals surface area contributed by atoms with Crippen LogP contribution in [0.25, 0.3) is 22.6 Å². The molecule has 0 spiro atoms. The lowest BCUT2D eigenvalue weighted by atomic mass is 10.1. The molecule has 0 radical (unpaired) electrons. The van der Waals surface area contributed by atoms with E-state index < -0.39 is 0 Å². The van der Waals surface area contributed by atoms with Crippen LogP contribution in [0.4, 0.5) is 5.69 Å². The van der Waals surface area contributed by atoms with Crippen LogP contribution in [0.15, 0.2) is 70.1 Å². The molecule has 0 saturated carbocycles. The van der Waals surface area contributed by atoms with Gasteiger partial charge in [0.25, 0.3) is 0 Å². The molecule has 1 aromatic heterocycles. The monoisotopic (exact) mass is 342 g/mol. The maximum atomic E-state index is 9.94. The minimum atomic E-state index is 0.213. The molecule has 4 nitrogen and oxygen atoms in total. The number of phenols is 1. The summed E-state index contributed by atoms with van der Waals surface area (Å²) in [5.74, 6) is 0.787. The Morgan fingerprint density at radius 3 is 2.69 bits per heavy atom. The van der Waals surface area contributed by atoms with Gasteiger partial charge in [0.05, 0.1) is 5.69 Å². The number of nitrogens with zero attached hydrogens (tertiary/aromatic N) is 2. The Hall–Kier alpha value is -3.40. The van der Waals surface area contributed by atoms with Crippen molar-refractivity contribution in [1.29, 1.82) is 0 Å². The molecule has 0 aliphatic carbocycles. The van der Waals surface area contributed by atoms with E-state index >= 15 is 0 Å². The zero-order valence-electron chi connectivity index (χ0n) is 14.6. The first-order chi connectivity index (χ1) is 12.6. The number of para-hydroxylation sites is 1. The van der Waals surface area contributed by atoms with Gasteiger partial charge in [0, 0.05) is 17.3 Å². The summed E-state index contributed by atoms with van der Waals surface area (Å²) in [7, 11) is 0. The van der Waals surface area contributed by atoms with E-state index in [1.807, 2.05) is 68.4 Å². The molecule has 1 heterocycles. The van der Waals surface area contributed by atoms with Crippen molar-refractivity contribution in [3.05, 3.63) is 77.4 Å². The zero-order valence-corrected chi connectivity index (χ0v) is 14.6. The van der Waals surface area contributed by atoms with Gasteiger partial charge in [0.2, 0.25) is 5.89 Å². The first kappa shape index (κ1) is 16.1. The average molecular weight is 342 g/mol. The van der Waals surface area contributed by atoms with Crippen molar-refractivity contribution in [2.45, 2.75) is 13.8 Å². The number of rotatable bonds is 3. The lowest BCUT2D eigenvalue weighted by Crippen LogP contribution is -1.84. The highest BCUT2D eigenvalue weighted by Crippen LogP contribution is 2.28. The molecular formula is C22H18N2O2. The number of benzene rings is 3. The number of fused-ring (bicyclic) bond motifs is 1. The molecule has 0 fully saturated rings. The molecular weight excluding hydrogens is 324 g/mol. The van der Waals surface area contributed by atoms with Crippen LogP contribution in [-0.2, 0) is 0 Å². The Bertz CT molecular complexity index is 1130. The molecule has 1 N–H and O–H groups in total. The summed E-state index contributed by atoms with van der Waals surface area (Å²) < 4.78 is 5.88. The molecule has 0 amide bonds. The predicted octanol–water partition coefficient (Wildman–Crippen LogP) is 5.57. The van der Waals surface area contributed by atoms with Crippen molar-refractivity contribution in [2.24, 2.45) is 4.99 Å². The fourth-order valence-corrected chi connectivity index (χ4v) is 2.85. The van der Waals surface area contributed by atoms with E-state index in [1.165, 1.54) is 0 Å². The van der Waals surface area contributed by atoms with Crippen molar-refractivity contribution >= 4 is 23.0 Å². The number of aromatic hydroxyl groups is 1. The van der Waals surface area contributed by atoms with Crippen LogP contribution >= 0.6 is 0 Å². The Kier molecular flexibility index (Phi) is 4.01. The molecule has 0 atom stereocenters. The molecule has 4 rings (SSSR count). The van der Waals surface area contributed by atoms with Gasteiger partial charge in [0.1, 0.15) is 11.3 Å². The molecule has 0 aliphatic rings. The van der Waals surface area contributed by atoms with Crippen molar-refractivity contribution in [1.82, 2.24) is 4.98 Å². The number of phenolic OH excluding ortho intramolecular Hbond substituents is 1. The first-order valence-corrected chi connectivity index (χ1v) is 8.40. The molecule has 4 aromatic rings. The number of aromatic nitrogens is 1. The molecule has 4 heteroatoms. The quantitative estimate of drug-likeness (QED) is 0.495. The van der Waals surface area contributed by atoms with Gasteiger partial charge in [-0.3, -0.25) is 4.99 Å². The van der Waals surface area contributed by atoms with Gasteiger partial charge in [-0.2, -0.15) is 0 Å². The molecule has 0 bridgehead atoms. The zero-order chi connectivity index (χ0) is 18.1. The highest BCUT2D eigenvalue weighted by Gasteiger charge is 2.10. The van der Waals surface area contributed by atoms with Crippen LogP contribution in [0.5, 0.6) is 5.75 Å². The van der Waals surface area contributed by atoms with Crippen LogP contribution in [0.1, 0.15) is 16.7 Å². The molecule has 128 valence electrons. The minimum absolute atomic E-state index is 0.213. The smallest absolute Gasteiger partial charge is 0.227 e. The van der Waals surface area contributed by atoms with Gasteiger partial charge < -0.3 is 9.52 Å². The molecule has 0 saturated heterocycles. The largest absolute Gasteiger partial charge is 0.507 e. The highest BCUT2D eigenvalue weighted by atomic mass is 16.3. The lowest BCUT2D eigenvalue weighted by molar-refractivity contribution is 0.474. The second-order valence-electron chi connectivity index (χ2n) is 6.31. The van der Waals surface area contributed by atoms with Crippen molar-refractivity contribution < 1.29 is 9.52 Å². The summed E-state index contributed by atoms with van der Waals surface area (Å²) in [5, 5.41) is 9.94. The van der Waals surface area contributed by atoms with Gasteiger partial charge in [-0.1, -0.05) is 29.8 Å². The number of hydrogen-bond acceptors (Lipinski definition) is 4. The van der Waals surface area contributed by atoms with Gasteiger partial charge in [-0.15, -0.1) is 0 Å². The average Bonchev–Trinajstić information content (AvgIpc) is 3.09. The van der Waals surface area contributed by atoms with Crippen LogP contribution in [0, 0.1) is 13.8 Å². The van der Waals surface area contributed by atoms with Gasteiger partial charge in [-0.25, -0.2) is 4.98 Å². The summed E-state index contributed by atoms with van der Waals surface area (Å²) in [6.07, 6.45) is 1.66. The highest BCUT2D eigenvalue weighted by molar-refractivity contribution is 5.86. The van der Waals surface area contributed by atoms with E-state index in [2.05, 4.69) is 9.98 Å². The van der Waals surface area contributed by atoms with E-state index in [4.69, 9.17) is 4.42 Å². The minimum Gasteiger partial charge on any atom is -0.507 e. The Morgan fingerprint density at radius 2 is 1.85 bits per heavy atom. The summed E-state index contributed by atoms with van der Waals surface area (Å²) in [6, 6.07) is 19.0. The van der Waals surface area contributed by atoms with Crippen molar-refractivity contribution in [2.75, 3.05) is 0 Å². The van der Waals surface area contributed by atoms with E-state index in [0.717, 1.165) is 33.5 Å². The Morgan fingerprint density at radius 1 is 1.00 bits per heavy atom. The lowest BCUT2D eigenvalue weighted by Gasteiger charge is -2.01. The van der Waals surface area contributed by atoms with Crippen LogP contribution in [-0.4, -0.2) is 16.3 Å². The summed E-state index contributed by atoms with van der Waals surface area (Å²) in [4.78, 5) is 9.09. The second kappa shape index (κ2) is 6.48. The standard InChI is InChI=1S/C22H18N2O2/c1-14-9-10-19(25)17(11-14)13-23-18-7-4-6-16(12-18)22-24-21-15(2)5-3-8-20(21)26-22/h3-13,25H,1-2H3. The number of aliphatic imine (C=N–C) groups is 1. The normalized spacial score (nSPS) is 11.5. The third kappa shape index (κ3) is 3.09. The van der Waals surface area contributed by atoms with Crippen molar-refractivity contribution in [3.63, 3.8) is 0 Å². The maximum absolute atomic E-state index is 9.94. The van der Waals surface area contributed by atoms with E-state index in [0.29, 0.717) is 11.5 Å². The topological polar surface area (TPSA) is 58.6 Å². The van der Waals surface area contributed by atoms with Crippen LogP contribution < -0.4 is 0 Å². The Labute approximate surface area is 151 Å². The predicted molar refractivity (Wildman–Crippen MR) is 104 cm³/mol. The number of oxazole rings is 1. The van der Waals surface area contributed by atoms with Gasteiger partial charge in [0.15, 0.2) is 5.58 Å². The summed E-state index contributed by atoms with van der Waals surface area (Å²) >= 11 is 0. The number of hydrogen-bond donors (Lipinski definition) is 1. The summed E-state index contributed by atoms with van der Waals surface area (Å²) in [5.41, 5.74) is 6.13. The summed E-state index contributed by atoms with van der Waals surface area (Å²) in [6.45, 7) is 4.00. The van der Waals surface area contributed by atoms with E-state index in [-0.39, 0.29) is 5.75 Å². The molecule has 0 unspecified atom stereocenters. The maximum Gasteiger partial charge on any atom is 0.227 e. The van der Waals surface area contributed by atoms with Crippen LogP contribution in [0.2, 0.25) is 0 Å². The molecule has 0 aliphatic heterocycles.